The Morgan fingerprint density at radius 1 is 1.33 bits per heavy atom. The second kappa shape index (κ2) is 8.17. The molecule has 0 saturated heterocycles. The molecule has 4 nitrogen and oxygen atoms in total. The molecular formula is C20H21F2NO3S. The molecule has 1 aliphatic rings. The fourth-order valence-electron chi connectivity index (χ4n) is 3.16. The van der Waals surface area contributed by atoms with Gasteiger partial charge in [-0.3, -0.25) is 4.79 Å². The van der Waals surface area contributed by atoms with Crippen molar-refractivity contribution in [3.63, 3.8) is 0 Å². The summed E-state index contributed by atoms with van der Waals surface area (Å²) in [6, 6.07) is 5.11. The SMILES string of the molecule is CC[C@@H]1CCc2sc(C(=O)O[C@@H](C)C(=O)Nc3c(F)cccc3F)cc2C1. The van der Waals surface area contributed by atoms with Crippen LogP contribution in [0.15, 0.2) is 24.3 Å². The van der Waals surface area contributed by atoms with Crippen molar-refractivity contribution >= 4 is 28.9 Å². The van der Waals surface area contributed by atoms with E-state index in [0.29, 0.717) is 10.8 Å². The Morgan fingerprint density at radius 2 is 2.04 bits per heavy atom. The average molecular weight is 393 g/mol. The van der Waals surface area contributed by atoms with Gasteiger partial charge in [0.05, 0.1) is 0 Å². The van der Waals surface area contributed by atoms with Crippen LogP contribution >= 0.6 is 11.3 Å². The van der Waals surface area contributed by atoms with Crippen molar-refractivity contribution in [2.24, 2.45) is 5.92 Å². The molecule has 1 aromatic heterocycles. The molecule has 1 N–H and O–H groups in total. The van der Waals surface area contributed by atoms with Crippen LogP contribution in [0.4, 0.5) is 14.5 Å². The summed E-state index contributed by atoms with van der Waals surface area (Å²) in [5.74, 6) is -2.54. The number of nitrogens with one attached hydrogen (secondary N) is 1. The molecule has 0 bridgehead atoms. The summed E-state index contributed by atoms with van der Waals surface area (Å²) in [6.45, 7) is 3.53. The van der Waals surface area contributed by atoms with Crippen molar-refractivity contribution in [3.8, 4) is 0 Å². The van der Waals surface area contributed by atoms with Gasteiger partial charge in [0.15, 0.2) is 6.10 Å². The predicted molar refractivity (Wildman–Crippen MR) is 100.0 cm³/mol. The molecule has 1 aromatic carbocycles. The van der Waals surface area contributed by atoms with Crippen LogP contribution in [-0.2, 0) is 22.4 Å². The normalized spacial score (nSPS) is 17.1. The predicted octanol–water partition coefficient (Wildman–Crippen LogP) is 4.73. The fourth-order valence-corrected chi connectivity index (χ4v) is 4.25. The zero-order valence-electron chi connectivity index (χ0n) is 15.2. The van der Waals surface area contributed by atoms with Crippen molar-refractivity contribution in [2.45, 2.75) is 45.6 Å². The molecule has 3 rings (SSSR count). The Balaban J connectivity index is 1.64. The molecule has 0 saturated carbocycles. The van der Waals surface area contributed by atoms with Crippen molar-refractivity contribution in [2.75, 3.05) is 5.32 Å². The van der Waals surface area contributed by atoms with Crippen LogP contribution in [-0.4, -0.2) is 18.0 Å². The number of benzene rings is 1. The highest BCUT2D eigenvalue weighted by Crippen LogP contribution is 2.34. The summed E-state index contributed by atoms with van der Waals surface area (Å²) in [4.78, 5) is 26.2. The summed E-state index contributed by atoms with van der Waals surface area (Å²) in [5, 5.41) is 2.13. The van der Waals surface area contributed by atoms with E-state index in [9.17, 15) is 18.4 Å². The molecule has 2 aromatic rings. The molecule has 0 radical (unpaired) electrons. The van der Waals surface area contributed by atoms with Gasteiger partial charge in [0.1, 0.15) is 22.2 Å². The molecule has 0 fully saturated rings. The lowest BCUT2D eigenvalue weighted by Gasteiger charge is -2.19. The first-order chi connectivity index (χ1) is 12.9. The minimum absolute atomic E-state index is 0.452. The number of hydrogen-bond acceptors (Lipinski definition) is 4. The van der Waals surface area contributed by atoms with Crippen LogP contribution in [0.1, 0.15) is 46.8 Å². The van der Waals surface area contributed by atoms with Crippen molar-refractivity contribution in [1.82, 2.24) is 0 Å². The first-order valence-electron chi connectivity index (χ1n) is 8.96. The number of aryl methyl sites for hydroxylation is 1. The third-order valence-electron chi connectivity index (χ3n) is 4.83. The lowest BCUT2D eigenvalue weighted by Crippen LogP contribution is -2.30. The third-order valence-corrected chi connectivity index (χ3v) is 6.04. The molecule has 1 heterocycles. The lowest BCUT2D eigenvalue weighted by molar-refractivity contribution is -0.123. The summed E-state index contributed by atoms with van der Waals surface area (Å²) in [5.41, 5.74) is 0.623. The summed E-state index contributed by atoms with van der Waals surface area (Å²) < 4.78 is 32.5. The highest BCUT2D eigenvalue weighted by Gasteiger charge is 2.25. The molecule has 27 heavy (non-hydrogen) atoms. The highest BCUT2D eigenvalue weighted by molar-refractivity contribution is 7.14. The standard InChI is InChI=1S/C20H21F2NO3S/c1-3-12-7-8-16-13(9-12)10-17(27-16)20(25)26-11(2)19(24)23-18-14(21)5-4-6-15(18)22/h4-6,10-12H,3,7-9H2,1-2H3,(H,23,24)/t11-,12+/m0/s1. The number of para-hydroxylation sites is 1. The van der Waals surface area contributed by atoms with Gasteiger partial charge >= 0.3 is 5.97 Å². The van der Waals surface area contributed by atoms with E-state index in [2.05, 4.69) is 12.2 Å². The molecule has 0 unspecified atom stereocenters. The van der Waals surface area contributed by atoms with E-state index < -0.39 is 35.3 Å². The lowest BCUT2D eigenvalue weighted by atomic mass is 9.87. The Bertz CT molecular complexity index is 845. The smallest absolute Gasteiger partial charge is 0.349 e. The van der Waals surface area contributed by atoms with E-state index >= 15 is 0 Å². The number of carbonyl (C=O) groups is 2. The first kappa shape index (κ1) is 19.5. The number of esters is 1. The Labute approximate surface area is 160 Å². The quantitative estimate of drug-likeness (QED) is 0.748. The van der Waals surface area contributed by atoms with Crippen LogP contribution in [0, 0.1) is 17.6 Å². The van der Waals surface area contributed by atoms with E-state index in [1.54, 1.807) is 0 Å². The number of halogens is 2. The van der Waals surface area contributed by atoms with Gasteiger partial charge in [-0.15, -0.1) is 11.3 Å². The van der Waals surface area contributed by atoms with Gasteiger partial charge in [0.25, 0.3) is 5.91 Å². The topological polar surface area (TPSA) is 55.4 Å². The molecule has 0 aliphatic heterocycles. The number of amides is 1. The number of ether oxygens (including phenoxy) is 1. The van der Waals surface area contributed by atoms with E-state index in [0.717, 1.165) is 37.8 Å². The number of thiophene rings is 1. The maximum Gasteiger partial charge on any atom is 0.349 e. The van der Waals surface area contributed by atoms with Gasteiger partial charge in [-0.25, -0.2) is 13.6 Å². The molecule has 1 aliphatic carbocycles. The fraction of sp³-hybridized carbons (Fsp3) is 0.400. The molecule has 7 heteroatoms. The number of anilines is 1. The van der Waals surface area contributed by atoms with Crippen LogP contribution in [0.5, 0.6) is 0 Å². The number of hydrogen-bond donors (Lipinski definition) is 1. The van der Waals surface area contributed by atoms with Gasteiger partial charge in [-0.2, -0.15) is 0 Å². The highest BCUT2D eigenvalue weighted by atomic mass is 32.1. The minimum atomic E-state index is -1.18. The maximum absolute atomic E-state index is 13.6. The van der Waals surface area contributed by atoms with Gasteiger partial charge in [0.2, 0.25) is 0 Å². The third kappa shape index (κ3) is 4.35. The van der Waals surface area contributed by atoms with Crippen LogP contribution in [0.3, 0.4) is 0 Å². The summed E-state index contributed by atoms with van der Waals surface area (Å²) in [7, 11) is 0. The zero-order valence-corrected chi connectivity index (χ0v) is 16.0. The van der Waals surface area contributed by atoms with Crippen LogP contribution in [0.2, 0.25) is 0 Å². The number of carbonyl (C=O) groups excluding carboxylic acids is 2. The second-order valence-electron chi connectivity index (χ2n) is 6.71. The van der Waals surface area contributed by atoms with Crippen molar-refractivity contribution < 1.29 is 23.1 Å². The van der Waals surface area contributed by atoms with E-state index in [-0.39, 0.29) is 0 Å². The van der Waals surface area contributed by atoms with Crippen LogP contribution in [0.25, 0.3) is 0 Å². The van der Waals surface area contributed by atoms with E-state index in [4.69, 9.17) is 4.74 Å². The van der Waals surface area contributed by atoms with Crippen LogP contribution < -0.4 is 5.32 Å². The van der Waals surface area contributed by atoms with Crippen molar-refractivity contribution in [1.29, 1.82) is 0 Å². The van der Waals surface area contributed by atoms with E-state index in [1.165, 1.54) is 34.8 Å². The van der Waals surface area contributed by atoms with Gasteiger partial charge < -0.3 is 10.1 Å². The second-order valence-corrected chi connectivity index (χ2v) is 7.85. The summed E-state index contributed by atoms with van der Waals surface area (Å²) in [6.07, 6.45) is 2.95. The van der Waals surface area contributed by atoms with Gasteiger partial charge in [0, 0.05) is 4.88 Å². The maximum atomic E-state index is 13.6. The number of fused-ring (bicyclic) bond motifs is 1. The molecule has 144 valence electrons. The number of rotatable bonds is 5. The molecule has 1 amide bonds. The van der Waals surface area contributed by atoms with E-state index in [1.807, 2.05) is 6.07 Å². The van der Waals surface area contributed by atoms with Gasteiger partial charge in [-0.1, -0.05) is 19.4 Å². The molecule has 2 atom stereocenters. The largest absolute Gasteiger partial charge is 0.448 e. The monoisotopic (exact) mass is 393 g/mol. The Hall–Kier alpha value is -2.28. The minimum Gasteiger partial charge on any atom is -0.448 e. The Kier molecular flexibility index (Phi) is 5.89. The first-order valence-corrected chi connectivity index (χ1v) is 9.78. The summed E-state index contributed by atoms with van der Waals surface area (Å²) >= 11 is 1.39. The van der Waals surface area contributed by atoms with Crippen molar-refractivity contribution in [3.05, 3.63) is 51.2 Å². The zero-order chi connectivity index (χ0) is 19.6. The molecular weight excluding hydrogens is 372 g/mol. The Morgan fingerprint density at radius 3 is 2.70 bits per heavy atom. The van der Waals surface area contributed by atoms with Gasteiger partial charge in [-0.05, 0) is 55.9 Å². The molecule has 0 spiro atoms. The average Bonchev–Trinajstić information content (AvgIpc) is 3.07.